The van der Waals surface area contributed by atoms with Crippen LogP contribution in [0.1, 0.15) is 159 Å². The van der Waals surface area contributed by atoms with Crippen LogP contribution in [0.25, 0.3) is 0 Å². The summed E-state index contributed by atoms with van der Waals surface area (Å²) >= 11 is 0. The number of rotatable bonds is 9. The Morgan fingerprint density at radius 1 is 0.889 bits per heavy atom. The monoisotopic (exact) mass is 613 g/mol. The summed E-state index contributed by atoms with van der Waals surface area (Å²) in [5.41, 5.74) is 12.6. The first-order valence-electron chi connectivity index (χ1n) is 18.3. The van der Waals surface area contributed by atoms with Crippen molar-refractivity contribution >= 4 is 5.78 Å². The van der Waals surface area contributed by atoms with Crippen molar-refractivity contribution in [1.29, 1.82) is 0 Å². The van der Waals surface area contributed by atoms with Crippen LogP contribution < -0.4 is 0 Å². The van der Waals surface area contributed by atoms with E-state index in [-0.39, 0.29) is 5.78 Å². The average molecular weight is 613 g/mol. The molecule has 0 spiro atoms. The Hall–Kier alpha value is -2.89. The highest BCUT2D eigenvalue weighted by Gasteiger charge is 2.16. The van der Waals surface area contributed by atoms with Gasteiger partial charge in [0, 0.05) is 12.0 Å². The zero-order valence-electron chi connectivity index (χ0n) is 31.1. The smallest absolute Gasteiger partial charge is 0.167 e. The maximum Gasteiger partial charge on any atom is 0.167 e. The molecular weight excluding hydrogens is 544 g/mol. The van der Waals surface area contributed by atoms with Gasteiger partial charge >= 0.3 is 0 Å². The van der Waals surface area contributed by atoms with Gasteiger partial charge in [-0.25, -0.2) is 0 Å². The summed E-state index contributed by atoms with van der Waals surface area (Å²) in [5, 5.41) is 0. The second-order valence-corrected chi connectivity index (χ2v) is 11.8. The summed E-state index contributed by atoms with van der Waals surface area (Å²) in [6.45, 7) is 24.4. The lowest BCUT2D eigenvalue weighted by Gasteiger charge is -2.21. The van der Waals surface area contributed by atoms with E-state index < -0.39 is 0 Å². The lowest BCUT2D eigenvalue weighted by atomic mass is 9.85. The normalized spacial score (nSPS) is 13.7. The van der Waals surface area contributed by atoms with E-state index in [0.29, 0.717) is 6.42 Å². The van der Waals surface area contributed by atoms with Gasteiger partial charge in [0.2, 0.25) is 0 Å². The van der Waals surface area contributed by atoms with Crippen molar-refractivity contribution in [3.05, 3.63) is 111 Å². The molecule has 0 unspecified atom stereocenters. The lowest BCUT2D eigenvalue weighted by molar-refractivity contribution is 0.0991. The van der Waals surface area contributed by atoms with Gasteiger partial charge < -0.3 is 0 Å². The first-order chi connectivity index (χ1) is 21.9. The van der Waals surface area contributed by atoms with Crippen LogP contribution in [0.2, 0.25) is 0 Å². The van der Waals surface area contributed by atoms with Gasteiger partial charge in [-0.05, 0) is 97.8 Å². The fraction of sp³-hybridized carbons (Fsp3) is 0.545. The predicted molar refractivity (Wildman–Crippen MR) is 203 cm³/mol. The van der Waals surface area contributed by atoms with Crippen molar-refractivity contribution in [2.45, 2.75) is 153 Å². The molecule has 1 saturated carbocycles. The van der Waals surface area contributed by atoms with Crippen LogP contribution >= 0.6 is 0 Å². The molecule has 1 heteroatoms. The third-order valence-electron chi connectivity index (χ3n) is 8.27. The Balaban J connectivity index is 0.000000778. The number of Topliss-reactive ketones (excluding diaryl/α,β-unsaturated/α-hetero) is 1. The molecule has 1 fully saturated rings. The van der Waals surface area contributed by atoms with E-state index >= 15 is 0 Å². The molecule has 0 atom stereocenters. The first kappa shape index (κ1) is 42.1. The summed E-state index contributed by atoms with van der Waals surface area (Å²) in [7, 11) is 0. The third kappa shape index (κ3) is 16.3. The van der Waals surface area contributed by atoms with Gasteiger partial charge in [0.1, 0.15) is 0 Å². The number of ketones is 1. The fourth-order valence-electron chi connectivity index (χ4n) is 5.90. The molecule has 1 nitrogen and oxygen atoms in total. The number of hydrogen-bond acceptors (Lipinski definition) is 1. The summed E-state index contributed by atoms with van der Waals surface area (Å²) in [6.07, 6.45) is 20.1. The van der Waals surface area contributed by atoms with E-state index in [4.69, 9.17) is 0 Å². The van der Waals surface area contributed by atoms with Gasteiger partial charge in [-0.3, -0.25) is 4.79 Å². The van der Waals surface area contributed by atoms with Crippen LogP contribution in [0.15, 0.2) is 83.6 Å². The Kier molecular flexibility index (Phi) is 24.6. The number of carbonyl (C=O) groups is 1. The second-order valence-electron chi connectivity index (χ2n) is 11.8. The van der Waals surface area contributed by atoms with Crippen LogP contribution in [-0.4, -0.2) is 5.78 Å². The number of benzene rings is 2. The number of hydrogen-bond donors (Lipinski definition) is 0. The van der Waals surface area contributed by atoms with Crippen LogP contribution in [-0.2, 0) is 12.8 Å². The van der Waals surface area contributed by atoms with Crippen LogP contribution in [0.5, 0.6) is 0 Å². The summed E-state index contributed by atoms with van der Waals surface area (Å²) in [6, 6.07) is 15.1. The first-order valence-corrected chi connectivity index (χ1v) is 18.3. The van der Waals surface area contributed by atoms with Gasteiger partial charge in [-0.2, -0.15) is 0 Å². The van der Waals surface area contributed by atoms with Gasteiger partial charge in [0.25, 0.3) is 0 Å². The van der Waals surface area contributed by atoms with E-state index in [9.17, 15) is 4.79 Å². The van der Waals surface area contributed by atoms with E-state index in [1.54, 1.807) is 0 Å². The Morgan fingerprint density at radius 3 is 2.07 bits per heavy atom. The summed E-state index contributed by atoms with van der Waals surface area (Å²) in [4.78, 5) is 12.8. The molecule has 2 aromatic carbocycles. The van der Waals surface area contributed by atoms with Crippen LogP contribution in [0.3, 0.4) is 0 Å². The Morgan fingerprint density at radius 2 is 1.51 bits per heavy atom. The second kappa shape index (κ2) is 26.3. The van der Waals surface area contributed by atoms with Crippen molar-refractivity contribution in [3.8, 4) is 0 Å². The maximum absolute atomic E-state index is 12.8. The van der Waals surface area contributed by atoms with Crippen molar-refractivity contribution in [3.63, 3.8) is 0 Å². The van der Waals surface area contributed by atoms with Gasteiger partial charge in [0.15, 0.2) is 5.78 Å². The van der Waals surface area contributed by atoms with Crippen LogP contribution in [0.4, 0.5) is 0 Å². The lowest BCUT2D eigenvalue weighted by Crippen LogP contribution is -2.07. The highest BCUT2D eigenvalue weighted by molar-refractivity contribution is 5.99. The van der Waals surface area contributed by atoms with Crippen molar-refractivity contribution < 1.29 is 4.79 Å². The Labute approximate surface area is 280 Å². The van der Waals surface area contributed by atoms with E-state index in [1.165, 1.54) is 79.2 Å². The molecule has 2 aliphatic rings. The van der Waals surface area contributed by atoms with Crippen LogP contribution in [0, 0.1) is 19.8 Å². The molecule has 4 rings (SSSR count). The molecule has 0 aromatic heterocycles. The Bertz CT molecular complexity index is 1180. The summed E-state index contributed by atoms with van der Waals surface area (Å²) in [5.74, 6) is 1.25. The van der Waals surface area contributed by atoms with Gasteiger partial charge in [-0.1, -0.05) is 155 Å². The molecule has 0 heterocycles. The molecule has 0 aliphatic heterocycles. The standard InChI is InChI=1S/C23H28O.C14H20.C3H8.2C2H6/c1-6-19(7-2)21-11-9-10-18(14-21)15-23(24)22-13-16(4)20(8-3)12-17(22)5;1-3-7-13(8-4-1)11-12-14-9-5-2-6-10-14;1-3-2;2*1-2/h11-14H,1,7-10,15H2,2-5H3;1,3-4,7-8,14H,2,5-6,9-12H2;3H2,1-2H3;2*1-2H3. The number of carbonyl (C=O) groups excluding carboxylic acids is 1. The minimum absolute atomic E-state index is 0.228. The average Bonchev–Trinajstić information content (AvgIpc) is 3.09. The topological polar surface area (TPSA) is 17.1 Å². The SMILES string of the molecule is C=C=C(CC)C1=CCCC(CC(=O)c2cc(C)c(CC)cc2C)=C1.CC.CC.CCC.c1ccc(CCC2CCCCC2)cc1. The highest BCUT2D eigenvalue weighted by atomic mass is 16.1. The molecule has 250 valence electrons. The number of allylic oxidation sites excluding steroid dienone is 5. The maximum atomic E-state index is 12.8. The quantitative estimate of drug-likeness (QED) is 0.203. The van der Waals surface area contributed by atoms with Crippen molar-refractivity contribution in [2.24, 2.45) is 5.92 Å². The zero-order valence-corrected chi connectivity index (χ0v) is 31.1. The van der Waals surface area contributed by atoms with Gasteiger partial charge in [0.05, 0.1) is 0 Å². The largest absolute Gasteiger partial charge is 0.294 e. The molecule has 0 amide bonds. The minimum atomic E-state index is 0.228. The van der Waals surface area contributed by atoms with Crippen molar-refractivity contribution in [2.75, 3.05) is 0 Å². The molecule has 45 heavy (non-hydrogen) atoms. The molecular formula is C44H68O. The number of aryl methyl sites for hydroxylation is 4. The molecule has 0 bridgehead atoms. The fourth-order valence-corrected chi connectivity index (χ4v) is 5.90. The molecule has 2 aromatic rings. The summed E-state index contributed by atoms with van der Waals surface area (Å²) < 4.78 is 0. The van der Waals surface area contributed by atoms with E-state index in [0.717, 1.165) is 48.3 Å². The highest BCUT2D eigenvalue weighted by Crippen LogP contribution is 2.28. The predicted octanol–water partition coefficient (Wildman–Crippen LogP) is 13.9. The molecule has 0 N–H and O–H groups in total. The zero-order chi connectivity index (χ0) is 34.0. The molecule has 0 radical (unpaired) electrons. The van der Waals surface area contributed by atoms with E-state index in [1.807, 2.05) is 34.6 Å². The molecule has 0 saturated heterocycles. The molecule has 2 aliphatic carbocycles. The van der Waals surface area contributed by atoms with E-state index in [2.05, 4.69) is 102 Å². The third-order valence-corrected chi connectivity index (χ3v) is 8.27. The van der Waals surface area contributed by atoms with Crippen molar-refractivity contribution in [1.82, 2.24) is 0 Å². The van der Waals surface area contributed by atoms with Gasteiger partial charge in [-0.15, -0.1) is 5.73 Å². The minimum Gasteiger partial charge on any atom is -0.294 e.